The van der Waals surface area contributed by atoms with Gasteiger partial charge in [-0.1, -0.05) is 26.7 Å². The number of ether oxygens (including phenoxy) is 1. The van der Waals surface area contributed by atoms with Gasteiger partial charge < -0.3 is 20.3 Å². The molecule has 2 aliphatic rings. The van der Waals surface area contributed by atoms with Gasteiger partial charge in [0.15, 0.2) is 0 Å². The standard InChI is InChI=1S/C32H47F3N6O4S/c1-20(21(2)24-9-7-8-10-28(24)41(4)46(6,43)44)17-27-25(32(33,34)35)19-36-31(39-27)38-26-12-11-22(18-29(26)45-5)30(42)37-23-13-15-40(3)16-14-23/h11-12,18-21,23-24,28H,7-10,13-17H2,1-6H3,(H,37,42)(H,36,38,39). The van der Waals surface area contributed by atoms with E-state index in [1.165, 1.54) is 17.7 Å². The second-order valence-electron chi connectivity index (χ2n) is 13.0. The van der Waals surface area contributed by atoms with Crippen LogP contribution >= 0.6 is 0 Å². The highest BCUT2D eigenvalue weighted by molar-refractivity contribution is 7.88. The van der Waals surface area contributed by atoms with Crippen molar-refractivity contribution < 1.29 is 31.1 Å². The van der Waals surface area contributed by atoms with E-state index < -0.39 is 21.8 Å². The Morgan fingerprint density at radius 3 is 2.46 bits per heavy atom. The lowest BCUT2D eigenvalue weighted by molar-refractivity contribution is -0.138. The van der Waals surface area contributed by atoms with Gasteiger partial charge in [-0.2, -0.15) is 13.2 Å². The van der Waals surface area contributed by atoms with E-state index in [0.717, 1.165) is 57.8 Å². The van der Waals surface area contributed by atoms with E-state index in [1.807, 2.05) is 20.9 Å². The molecule has 0 bridgehead atoms. The molecular weight excluding hydrogens is 621 g/mol. The first kappa shape index (κ1) is 35.9. The van der Waals surface area contributed by atoms with Gasteiger partial charge in [0.1, 0.15) is 5.75 Å². The number of rotatable bonds is 11. The number of carbonyl (C=O) groups excluding carboxylic acids is 1. The van der Waals surface area contributed by atoms with Gasteiger partial charge in [0.05, 0.1) is 30.3 Å². The van der Waals surface area contributed by atoms with E-state index in [0.29, 0.717) is 17.0 Å². The van der Waals surface area contributed by atoms with Crippen LogP contribution < -0.4 is 15.4 Å². The normalized spacial score (nSPS) is 21.5. The molecule has 2 heterocycles. The molecule has 2 N–H and O–H groups in total. The number of halogens is 3. The SMILES string of the molecule is COc1cc(C(=O)NC2CCN(C)CC2)ccc1Nc1ncc(C(F)(F)F)c(CC(C)C(C)C2CCCCC2N(C)S(C)(=O)=O)n1. The van der Waals surface area contributed by atoms with Crippen LogP contribution in [0.4, 0.5) is 24.8 Å². The number of anilines is 2. The van der Waals surface area contributed by atoms with Crippen LogP contribution in [-0.2, 0) is 22.6 Å². The predicted molar refractivity (Wildman–Crippen MR) is 172 cm³/mol. The summed E-state index contributed by atoms with van der Waals surface area (Å²) in [4.78, 5) is 23.4. The van der Waals surface area contributed by atoms with Crippen LogP contribution in [0.25, 0.3) is 0 Å². The number of amides is 1. The van der Waals surface area contributed by atoms with Gasteiger partial charge in [0.2, 0.25) is 16.0 Å². The molecule has 1 aromatic carbocycles. The molecule has 10 nitrogen and oxygen atoms in total. The van der Waals surface area contributed by atoms with Crippen molar-refractivity contribution in [1.29, 1.82) is 0 Å². The summed E-state index contributed by atoms with van der Waals surface area (Å²) in [6.07, 6.45) is 2.48. The molecule has 0 spiro atoms. The Hall–Kier alpha value is -2.97. The zero-order chi connectivity index (χ0) is 33.8. The lowest BCUT2D eigenvalue weighted by atomic mass is 9.71. The summed E-state index contributed by atoms with van der Waals surface area (Å²) in [5.41, 5.74) is -0.236. The Morgan fingerprint density at radius 1 is 1.15 bits per heavy atom. The predicted octanol–water partition coefficient (Wildman–Crippen LogP) is 5.34. The van der Waals surface area contributed by atoms with Crippen LogP contribution in [-0.4, -0.2) is 86.1 Å². The summed E-state index contributed by atoms with van der Waals surface area (Å²) in [5, 5.41) is 6.04. The summed E-state index contributed by atoms with van der Waals surface area (Å²) >= 11 is 0. The van der Waals surface area contributed by atoms with Gasteiger partial charge in [-0.3, -0.25) is 4.79 Å². The van der Waals surface area contributed by atoms with Crippen molar-refractivity contribution in [3.8, 4) is 5.75 Å². The number of aromatic nitrogens is 2. The van der Waals surface area contributed by atoms with Crippen LogP contribution in [0, 0.1) is 17.8 Å². The molecule has 46 heavy (non-hydrogen) atoms. The summed E-state index contributed by atoms with van der Waals surface area (Å²) < 4.78 is 73.9. The first-order valence-electron chi connectivity index (χ1n) is 15.9. The molecule has 2 fully saturated rings. The molecule has 1 aliphatic carbocycles. The highest BCUT2D eigenvalue weighted by atomic mass is 32.2. The quantitative estimate of drug-likeness (QED) is 0.330. The maximum atomic E-state index is 14.1. The largest absolute Gasteiger partial charge is 0.495 e. The van der Waals surface area contributed by atoms with Gasteiger partial charge >= 0.3 is 6.18 Å². The lowest BCUT2D eigenvalue weighted by Gasteiger charge is -2.41. The molecule has 4 unspecified atom stereocenters. The molecule has 0 radical (unpaired) electrons. The van der Waals surface area contributed by atoms with Gasteiger partial charge in [-0.25, -0.2) is 22.7 Å². The van der Waals surface area contributed by atoms with E-state index in [-0.39, 0.29) is 53.8 Å². The third-order valence-corrected chi connectivity index (χ3v) is 11.1. The Balaban J connectivity index is 1.53. The molecule has 256 valence electrons. The van der Waals surface area contributed by atoms with Crippen LogP contribution in [0.15, 0.2) is 24.4 Å². The molecule has 2 aromatic rings. The number of carbonyl (C=O) groups is 1. The van der Waals surface area contributed by atoms with Gasteiger partial charge in [-0.15, -0.1) is 0 Å². The molecule has 1 aromatic heterocycles. The molecule has 4 atom stereocenters. The Kier molecular flexibility index (Phi) is 11.6. The van der Waals surface area contributed by atoms with Gasteiger partial charge in [-0.05, 0) is 88.2 Å². The number of nitrogens with one attached hydrogen (secondary N) is 2. The Labute approximate surface area is 270 Å². The van der Waals surface area contributed by atoms with Crippen LogP contribution in [0.3, 0.4) is 0 Å². The van der Waals surface area contributed by atoms with Crippen molar-refractivity contribution in [3.63, 3.8) is 0 Å². The monoisotopic (exact) mass is 668 g/mol. The highest BCUT2D eigenvalue weighted by Gasteiger charge is 2.39. The third-order valence-electron chi connectivity index (χ3n) is 9.80. The molecule has 4 rings (SSSR count). The summed E-state index contributed by atoms with van der Waals surface area (Å²) in [7, 11) is 1.67. The van der Waals surface area contributed by atoms with Crippen LogP contribution in [0.1, 0.15) is 74.0 Å². The van der Waals surface area contributed by atoms with E-state index in [4.69, 9.17) is 4.74 Å². The van der Waals surface area contributed by atoms with Crippen molar-refractivity contribution in [2.45, 2.75) is 77.1 Å². The third kappa shape index (κ3) is 8.88. The van der Waals surface area contributed by atoms with E-state index in [1.54, 1.807) is 25.2 Å². The number of hydrogen-bond acceptors (Lipinski definition) is 8. The van der Waals surface area contributed by atoms with Gasteiger partial charge in [0.25, 0.3) is 5.91 Å². The summed E-state index contributed by atoms with van der Waals surface area (Å²) in [6, 6.07) is 4.71. The van der Waals surface area contributed by atoms with Crippen LogP contribution in [0.2, 0.25) is 0 Å². The highest BCUT2D eigenvalue weighted by Crippen LogP contribution is 2.40. The number of likely N-dealkylation sites (tertiary alicyclic amines) is 1. The van der Waals surface area contributed by atoms with Crippen molar-refractivity contribution in [3.05, 3.63) is 41.2 Å². The lowest BCUT2D eigenvalue weighted by Crippen LogP contribution is -2.46. The van der Waals surface area contributed by atoms with Gasteiger partial charge in [0, 0.05) is 30.9 Å². The maximum Gasteiger partial charge on any atom is 0.419 e. The number of alkyl halides is 3. The van der Waals surface area contributed by atoms with Crippen molar-refractivity contribution in [1.82, 2.24) is 24.5 Å². The number of hydrogen-bond donors (Lipinski definition) is 2. The smallest absolute Gasteiger partial charge is 0.419 e. The number of benzene rings is 1. The van der Waals surface area contributed by atoms with E-state index in [9.17, 15) is 26.4 Å². The first-order valence-corrected chi connectivity index (χ1v) is 17.7. The minimum atomic E-state index is -4.65. The minimum Gasteiger partial charge on any atom is -0.495 e. The van der Waals surface area contributed by atoms with Crippen molar-refractivity contribution in [2.75, 3.05) is 45.9 Å². The van der Waals surface area contributed by atoms with Crippen LogP contribution in [0.5, 0.6) is 5.75 Å². The number of methoxy groups -OCH3 is 1. The minimum absolute atomic E-state index is 0.0108. The molecular formula is C32H47F3N6O4S. The summed E-state index contributed by atoms with van der Waals surface area (Å²) in [5.74, 6) is -0.205. The number of nitrogens with zero attached hydrogens (tertiary/aromatic N) is 4. The van der Waals surface area contributed by atoms with Crippen molar-refractivity contribution in [2.24, 2.45) is 17.8 Å². The topological polar surface area (TPSA) is 117 Å². The summed E-state index contributed by atoms with van der Waals surface area (Å²) in [6.45, 7) is 5.70. The molecule has 1 saturated carbocycles. The van der Waals surface area contributed by atoms with E-state index in [2.05, 4.69) is 25.5 Å². The number of piperidine rings is 1. The molecule has 14 heteroatoms. The van der Waals surface area contributed by atoms with Crippen molar-refractivity contribution >= 4 is 27.6 Å². The fourth-order valence-electron chi connectivity index (χ4n) is 6.71. The first-order chi connectivity index (χ1) is 21.6. The Bertz CT molecular complexity index is 1470. The number of sulfonamides is 1. The average molecular weight is 669 g/mol. The second-order valence-corrected chi connectivity index (χ2v) is 15.0. The molecule has 1 aliphatic heterocycles. The fourth-order valence-corrected chi connectivity index (χ4v) is 7.46. The average Bonchev–Trinajstić information content (AvgIpc) is 3.00. The molecule has 1 saturated heterocycles. The maximum absolute atomic E-state index is 14.1. The second kappa shape index (κ2) is 14.8. The fraction of sp³-hybridized carbons (Fsp3) is 0.656. The molecule has 1 amide bonds. The zero-order valence-corrected chi connectivity index (χ0v) is 28.3. The Morgan fingerprint density at radius 2 is 1.83 bits per heavy atom. The van der Waals surface area contributed by atoms with E-state index >= 15 is 0 Å². The zero-order valence-electron chi connectivity index (χ0n) is 27.5.